The van der Waals surface area contributed by atoms with Gasteiger partial charge in [0.25, 0.3) is 5.91 Å². The van der Waals surface area contributed by atoms with Crippen molar-refractivity contribution in [3.63, 3.8) is 0 Å². The molecule has 3 fully saturated rings. The van der Waals surface area contributed by atoms with Crippen molar-refractivity contribution in [2.24, 2.45) is 5.92 Å². The molecule has 0 bridgehead atoms. The molecule has 26 heavy (non-hydrogen) atoms. The largest absolute Gasteiger partial charge is 0.443 e. The SMILES string of the molecule is CC(C)C1(OC(=O)N2CCC3C2C(=O)CN3C(=O)c2ccccc2)CC1. The van der Waals surface area contributed by atoms with Crippen molar-refractivity contribution in [3.8, 4) is 0 Å². The molecule has 138 valence electrons. The van der Waals surface area contributed by atoms with E-state index in [4.69, 9.17) is 4.74 Å². The molecule has 0 radical (unpaired) electrons. The first kappa shape index (κ1) is 17.1. The molecule has 6 heteroatoms. The number of rotatable bonds is 3. The van der Waals surface area contributed by atoms with E-state index in [1.807, 2.05) is 32.0 Å². The Kier molecular flexibility index (Phi) is 4.01. The summed E-state index contributed by atoms with van der Waals surface area (Å²) in [6.45, 7) is 4.61. The van der Waals surface area contributed by atoms with Crippen molar-refractivity contribution >= 4 is 17.8 Å². The Balaban J connectivity index is 1.49. The lowest BCUT2D eigenvalue weighted by atomic mass is 10.1. The highest BCUT2D eigenvalue weighted by Crippen LogP contribution is 2.46. The molecule has 2 atom stereocenters. The Morgan fingerprint density at radius 3 is 2.46 bits per heavy atom. The zero-order chi connectivity index (χ0) is 18.5. The lowest BCUT2D eigenvalue weighted by molar-refractivity contribution is -0.120. The predicted octanol–water partition coefficient (Wildman–Crippen LogP) is 2.48. The molecule has 1 saturated carbocycles. The number of Topliss-reactive ketones (excluding diaryl/α,β-unsaturated/α-hetero) is 1. The van der Waals surface area contributed by atoms with Crippen LogP contribution in [-0.4, -0.2) is 58.4 Å². The van der Waals surface area contributed by atoms with Crippen LogP contribution in [0, 0.1) is 5.92 Å². The van der Waals surface area contributed by atoms with Gasteiger partial charge >= 0.3 is 6.09 Å². The van der Waals surface area contributed by atoms with Gasteiger partial charge in [-0.1, -0.05) is 32.0 Å². The average molecular weight is 356 g/mol. The minimum atomic E-state index is -0.571. The molecule has 2 unspecified atom stereocenters. The van der Waals surface area contributed by atoms with E-state index in [2.05, 4.69) is 0 Å². The molecular formula is C20H24N2O4. The van der Waals surface area contributed by atoms with Gasteiger partial charge in [-0.05, 0) is 37.3 Å². The second-order valence-corrected chi connectivity index (χ2v) is 7.85. The number of carbonyl (C=O) groups excluding carboxylic acids is 3. The van der Waals surface area contributed by atoms with E-state index >= 15 is 0 Å². The van der Waals surface area contributed by atoms with Gasteiger partial charge in [-0.15, -0.1) is 0 Å². The van der Waals surface area contributed by atoms with Crippen molar-refractivity contribution in [3.05, 3.63) is 35.9 Å². The number of hydrogen-bond donors (Lipinski definition) is 0. The molecule has 6 nitrogen and oxygen atoms in total. The van der Waals surface area contributed by atoms with E-state index < -0.39 is 12.1 Å². The molecule has 2 saturated heterocycles. The van der Waals surface area contributed by atoms with E-state index in [0.717, 1.165) is 12.8 Å². The second kappa shape index (κ2) is 6.11. The van der Waals surface area contributed by atoms with Gasteiger partial charge in [0.15, 0.2) is 5.78 Å². The van der Waals surface area contributed by atoms with Crippen molar-refractivity contribution < 1.29 is 19.1 Å². The van der Waals surface area contributed by atoms with Gasteiger partial charge in [-0.2, -0.15) is 0 Å². The summed E-state index contributed by atoms with van der Waals surface area (Å²) in [5.74, 6) is 0.0333. The maximum absolute atomic E-state index is 12.8. The van der Waals surface area contributed by atoms with E-state index in [1.54, 1.807) is 17.0 Å². The Hall–Kier alpha value is -2.37. The highest BCUT2D eigenvalue weighted by atomic mass is 16.6. The quantitative estimate of drug-likeness (QED) is 0.834. The van der Waals surface area contributed by atoms with Crippen molar-refractivity contribution in [2.45, 2.75) is 50.8 Å². The van der Waals surface area contributed by atoms with Crippen LogP contribution in [0.5, 0.6) is 0 Å². The van der Waals surface area contributed by atoms with Crippen LogP contribution in [0.2, 0.25) is 0 Å². The summed E-state index contributed by atoms with van der Waals surface area (Å²) in [5, 5.41) is 0. The molecule has 2 aliphatic heterocycles. The first-order chi connectivity index (χ1) is 12.4. The highest BCUT2D eigenvalue weighted by Gasteiger charge is 2.55. The smallest absolute Gasteiger partial charge is 0.411 e. The summed E-state index contributed by atoms with van der Waals surface area (Å²) < 4.78 is 5.76. The van der Waals surface area contributed by atoms with E-state index in [9.17, 15) is 14.4 Å². The first-order valence-electron chi connectivity index (χ1n) is 9.31. The molecule has 1 aromatic rings. The molecular weight excluding hydrogens is 332 g/mol. The monoisotopic (exact) mass is 356 g/mol. The fourth-order valence-corrected chi connectivity index (χ4v) is 4.20. The van der Waals surface area contributed by atoms with E-state index in [-0.39, 0.29) is 35.8 Å². The number of hydrogen-bond acceptors (Lipinski definition) is 4. The molecule has 0 spiro atoms. The number of carbonyl (C=O) groups is 3. The molecule has 4 rings (SSSR count). The third kappa shape index (κ3) is 2.68. The third-order valence-corrected chi connectivity index (χ3v) is 6.02. The van der Waals surface area contributed by atoms with Crippen LogP contribution in [0.15, 0.2) is 30.3 Å². The number of ketones is 1. The van der Waals surface area contributed by atoms with Gasteiger partial charge in [-0.25, -0.2) is 4.79 Å². The van der Waals surface area contributed by atoms with E-state index in [1.165, 1.54) is 4.90 Å². The lowest BCUT2D eigenvalue weighted by Gasteiger charge is -2.27. The Morgan fingerprint density at radius 2 is 1.85 bits per heavy atom. The van der Waals surface area contributed by atoms with Gasteiger partial charge in [0, 0.05) is 12.1 Å². The predicted molar refractivity (Wildman–Crippen MR) is 94.7 cm³/mol. The Bertz CT molecular complexity index is 741. The Labute approximate surface area is 153 Å². The number of fused-ring (bicyclic) bond motifs is 1. The number of likely N-dealkylation sites (tertiary alicyclic amines) is 2. The Morgan fingerprint density at radius 1 is 1.15 bits per heavy atom. The van der Waals surface area contributed by atoms with Crippen molar-refractivity contribution in [1.29, 1.82) is 0 Å². The minimum absolute atomic E-state index is 0.0577. The summed E-state index contributed by atoms with van der Waals surface area (Å²) in [7, 11) is 0. The normalized spacial score (nSPS) is 26.2. The van der Waals surface area contributed by atoms with Gasteiger partial charge < -0.3 is 9.64 Å². The van der Waals surface area contributed by atoms with Crippen LogP contribution >= 0.6 is 0 Å². The van der Waals surface area contributed by atoms with Gasteiger partial charge in [0.05, 0.1) is 12.6 Å². The summed E-state index contributed by atoms with van der Waals surface area (Å²) in [4.78, 5) is 41.2. The summed E-state index contributed by atoms with van der Waals surface area (Å²) >= 11 is 0. The average Bonchev–Trinajstić information content (AvgIpc) is 3.16. The topological polar surface area (TPSA) is 66.9 Å². The molecule has 2 amide bonds. The number of nitrogens with zero attached hydrogens (tertiary/aromatic N) is 2. The molecule has 3 aliphatic rings. The van der Waals surface area contributed by atoms with Gasteiger partial charge in [0.1, 0.15) is 11.6 Å². The standard InChI is InChI=1S/C20H24N2O4/c1-13(2)20(9-10-20)26-19(25)21-11-8-15-17(21)16(23)12-22(15)18(24)14-6-4-3-5-7-14/h3-7,13,15,17H,8-12H2,1-2H3. The third-order valence-electron chi connectivity index (χ3n) is 6.02. The van der Waals surface area contributed by atoms with Crippen LogP contribution in [0.4, 0.5) is 4.79 Å². The highest BCUT2D eigenvalue weighted by molar-refractivity contribution is 6.02. The van der Waals surface area contributed by atoms with Crippen LogP contribution in [0.25, 0.3) is 0 Å². The van der Waals surface area contributed by atoms with Crippen molar-refractivity contribution in [2.75, 3.05) is 13.1 Å². The second-order valence-electron chi connectivity index (χ2n) is 7.85. The molecule has 1 aliphatic carbocycles. The maximum atomic E-state index is 12.8. The van der Waals surface area contributed by atoms with Gasteiger partial charge in [0.2, 0.25) is 0 Å². The van der Waals surface area contributed by atoms with Gasteiger partial charge in [-0.3, -0.25) is 14.5 Å². The van der Waals surface area contributed by atoms with Crippen LogP contribution < -0.4 is 0 Å². The van der Waals surface area contributed by atoms with Crippen molar-refractivity contribution in [1.82, 2.24) is 9.80 Å². The minimum Gasteiger partial charge on any atom is -0.443 e. The molecule has 0 N–H and O–H groups in total. The molecule has 0 aromatic heterocycles. The van der Waals surface area contributed by atoms with Crippen LogP contribution in [-0.2, 0) is 9.53 Å². The summed E-state index contributed by atoms with van der Waals surface area (Å²) in [6.07, 6.45) is 1.96. The molecule has 1 aromatic carbocycles. The number of benzene rings is 1. The maximum Gasteiger partial charge on any atom is 0.411 e. The fourth-order valence-electron chi connectivity index (χ4n) is 4.20. The number of amides is 2. The molecule has 2 heterocycles. The van der Waals surface area contributed by atoms with Crippen LogP contribution in [0.1, 0.15) is 43.5 Å². The summed E-state index contributed by atoms with van der Waals surface area (Å²) in [6, 6.07) is 8.14. The zero-order valence-corrected chi connectivity index (χ0v) is 15.2. The lowest BCUT2D eigenvalue weighted by Crippen LogP contribution is -2.45. The fraction of sp³-hybridized carbons (Fsp3) is 0.550. The zero-order valence-electron chi connectivity index (χ0n) is 15.2. The number of ether oxygens (including phenoxy) is 1. The summed E-state index contributed by atoms with van der Waals surface area (Å²) in [5.41, 5.74) is 0.204. The first-order valence-corrected chi connectivity index (χ1v) is 9.31. The van der Waals surface area contributed by atoms with E-state index in [0.29, 0.717) is 18.5 Å². The van der Waals surface area contributed by atoms with Crippen LogP contribution in [0.3, 0.4) is 0 Å².